The van der Waals surface area contributed by atoms with Crippen molar-refractivity contribution < 1.29 is 22.4 Å². The molecule has 1 N–H and O–H groups in total. The van der Waals surface area contributed by atoms with Gasteiger partial charge in [-0.25, -0.2) is 9.37 Å². The lowest BCUT2D eigenvalue weighted by Crippen LogP contribution is -2.43. The number of halogens is 4. The monoisotopic (exact) mass is 477 g/mol. The van der Waals surface area contributed by atoms with Crippen molar-refractivity contribution >= 4 is 34.6 Å². The Balaban J connectivity index is 2.14. The Morgan fingerprint density at radius 2 is 2.00 bits per heavy atom. The summed E-state index contributed by atoms with van der Waals surface area (Å²) in [6, 6.07) is 6.18. The third kappa shape index (κ3) is 3.91. The summed E-state index contributed by atoms with van der Waals surface area (Å²) in [6.45, 7) is 7.65. The van der Waals surface area contributed by atoms with Crippen molar-refractivity contribution in [2.45, 2.75) is 32.0 Å². The number of nitrogens with one attached hydrogen (secondary N) is 1. The van der Waals surface area contributed by atoms with Crippen LogP contribution in [0.3, 0.4) is 0 Å². The molecule has 1 fully saturated rings. The van der Waals surface area contributed by atoms with E-state index in [1.807, 2.05) is 6.92 Å². The molecule has 0 radical (unpaired) electrons. The van der Waals surface area contributed by atoms with Gasteiger partial charge in [0.1, 0.15) is 11.9 Å². The van der Waals surface area contributed by atoms with E-state index < -0.39 is 34.7 Å². The molecule has 0 bridgehead atoms. The Bertz CT molecular complexity index is 1210. The largest absolute Gasteiger partial charge is 0.419 e. The molecule has 1 aliphatic rings. The fraction of sp³-hybridized carbons (Fsp3) is 0.273. The highest BCUT2D eigenvalue weighted by Crippen LogP contribution is 2.44. The smallest absolute Gasteiger partial charge is 0.355 e. The van der Waals surface area contributed by atoms with Crippen LogP contribution in [0, 0.1) is 17.1 Å². The standard InChI is InChI=1S/C22H19F4N5OS/c1-5-21(3)12(2)30(14-8-16(22(24,25)26)18(10-27)29-11-14)20(33)31(21)13-6-7-15(17(23)9-13)19(32)28-4/h6-9,11H,2,5H2,1,3-4H3,(H,28,32). The Labute approximate surface area is 193 Å². The summed E-state index contributed by atoms with van der Waals surface area (Å²) in [5.74, 6) is -1.38. The molecular weight excluding hydrogens is 458 g/mol. The molecule has 0 aliphatic carbocycles. The highest BCUT2D eigenvalue weighted by Gasteiger charge is 2.48. The first kappa shape index (κ1) is 24.1. The second kappa shape index (κ2) is 8.44. The van der Waals surface area contributed by atoms with E-state index in [2.05, 4.69) is 16.9 Å². The average Bonchev–Trinajstić information content (AvgIpc) is 2.97. The van der Waals surface area contributed by atoms with Crippen molar-refractivity contribution in [1.82, 2.24) is 10.3 Å². The zero-order valence-electron chi connectivity index (χ0n) is 17.9. The van der Waals surface area contributed by atoms with E-state index in [-0.39, 0.29) is 16.4 Å². The fourth-order valence-corrected chi connectivity index (χ4v) is 4.19. The first-order chi connectivity index (χ1) is 15.4. The van der Waals surface area contributed by atoms with Crippen LogP contribution in [0.25, 0.3) is 0 Å². The maximum Gasteiger partial charge on any atom is 0.419 e. The van der Waals surface area contributed by atoms with Crippen LogP contribution in [-0.2, 0) is 6.18 Å². The number of rotatable bonds is 4. The number of thiocarbonyl (C=S) groups is 1. The molecular formula is C22H19F4N5OS. The van der Waals surface area contributed by atoms with Gasteiger partial charge in [-0.05, 0) is 49.8 Å². The minimum absolute atomic E-state index is 0.0269. The number of carbonyl (C=O) groups excluding carboxylic acids is 1. The third-order valence-corrected chi connectivity index (χ3v) is 6.05. The van der Waals surface area contributed by atoms with E-state index in [9.17, 15) is 22.4 Å². The van der Waals surface area contributed by atoms with Crippen LogP contribution in [0.15, 0.2) is 42.7 Å². The first-order valence-corrected chi connectivity index (χ1v) is 10.1. The molecule has 1 atom stereocenters. The Morgan fingerprint density at radius 3 is 2.52 bits per heavy atom. The molecule has 6 nitrogen and oxygen atoms in total. The van der Waals surface area contributed by atoms with E-state index in [1.54, 1.807) is 11.8 Å². The van der Waals surface area contributed by atoms with Gasteiger partial charge in [0.15, 0.2) is 10.8 Å². The van der Waals surface area contributed by atoms with Crippen LogP contribution in [-0.4, -0.2) is 28.6 Å². The summed E-state index contributed by atoms with van der Waals surface area (Å²) in [5, 5.41) is 11.4. The van der Waals surface area contributed by atoms with Crippen LogP contribution in [0.5, 0.6) is 0 Å². The summed E-state index contributed by atoms with van der Waals surface area (Å²) in [6.07, 6.45) is -3.26. The van der Waals surface area contributed by atoms with Gasteiger partial charge < -0.3 is 10.2 Å². The predicted octanol–water partition coefficient (Wildman–Crippen LogP) is 4.76. The van der Waals surface area contributed by atoms with Crippen LogP contribution in [0.1, 0.15) is 41.9 Å². The van der Waals surface area contributed by atoms with E-state index in [4.69, 9.17) is 17.5 Å². The van der Waals surface area contributed by atoms with Gasteiger partial charge in [-0.15, -0.1) is 0 Å². The summed E-state index contributed by atoms with van der Waals surface area (Å²) in [5.41, 5.74) is -2.40. The number of nitrogens with zero attached hydrogens (tertiary/aromatic N) is 4. The van der Waals surface area contributed by atoms with E-state index >= 15 is 0 Å². The van der Waals surface area contributed by atoms with Crippen LogP contribution < -0.4 is 15.1 Å². The Morgan fingerprint density at radius 1 is 1.33 bits per heavy atom. The molecule has 0 saturated carbocycles. The molecule has 3 rings (SSSR count). The van der Waals surface area contributed by atoms with Gasteiger partial charge in [0.2, 0.25) is 0 Å². The summed E-state index contributed by atoms with van der Waals surface area (Å²) < 4.78 is 55.1. The zero-order valence-corrected chi connectivity index (χ0v) is 18.7. The minimum Gasteiger partial charge on any atom is -0.355 e. The molecule has 1 amide bonds. The molecule has 1 aromatic heterocycles. The lowest BCUT2D eigenvalue weighted by atomic mass is 9.93. The number of hydrogen-bond donors (Lipinski definition) is 1. The third-order valence-electron chi connectivity index (χ3n) is 5.68. The van der Waals surface area contributed by atoms with E-state index in [0.717, 1.165) is 18.3 Å². The van der Waals surface area contributed by atoms with Crippen molar-refractivity contribution in [3.8, 4) is 6.07 Å². The van der Waals surface area contributed by atoms with Gasteiger partial charge in [0.25, 0.3) is 5.91 Å². The summed E-state index contributed by atoms with van der Waals surface area (Å²) in [7, 11) is 1.38. The number of carbonyl (C=O) groups is 1. The molecule has 2 aromatic rings. The van der Waals surface area contributed by atoms with Crippen molar-refractivity contribution in [2.24, 2.45) is 0 Å². The lowest BCUT2D eigenvalue weighted by Gasteiger charge is -2.34. The van der Waals surface area contributed by atoms with Crippen LogP contribution in [0.4, 0.5) is 28.9 Å². The second-order valence-electron chi connectivity index (χ2n) is 7.47. The van der Waals surface area contributed by atoms with Gasteiger partial charge in [0.05, 0.1) is 28.6 Å². The van der Waals surface area contributed by atoms with Gasteiger partial charge in [-0.2, -0.15) is 18.4 Å². The first-order valence-electron chi connectivity index (χ1n) is 9.73. The normalized spacial score (nSPS) is 18.5. The molecule has 1 aromatic carbocycles. The van der Waals surface area contributed by atoms with Crippen molar-refractivity contribution in [3.05, 3.63) is 65.4 Å². The number of amides is 1. The molecule has 1 saturated heterocycles. The number of pyridine rings is 1. The molecule has 172 valence electrons. The minimum atomic E-state index is -4.80. The van der Waals surface area contributed by atoms with E-state index in [1.165, 1.54) is 30.1 Å². The van der Waals surface area contributed by atoms with Crippen LogP contribution in [0.2, 0.25) is 0 Å². The summed E-state index contributed by atoms with van der Waals surface area (Å²) in [4.78, 5) is 18.4. The fourth-order valence-electron chi connectivity index (χ4n) is 3.66. The highest BCUT2D eigenvalue weighted by molar-refractivity contribution is 7.80. The Kier molecular flexibility index (Phi) is 6.17. The second-order valence-corrected chi connectivity index (χ2v) is 7.84. The maximum atomic E-state index is 14.7. The van der Waals surface area contributed by atoms with Gasteiger partial charge in [-0.3, -0.25) is 9.69 Å². The zero-order chi connectivity index (χ0) is 24.7. The maximum absolute atomic E-state index is 14.7. The van der Waals surface area contributed by atoms with Gasteiger partial charge in [-0.1, -0.05) is 13.5 Å². The number of anilines is 2. The molecule has 11 heteroatoms. The van der Waals surface area contributed by atoms with E-state index in [0.29, 0.717) is 17.8 Å². The highest BCUT2D eigenvalue weighted by atomic mass is 32.1. The van der Waals surface area contributed by atoms with Gasteiger partial charge in [0, 0.05) is 18.4 Å². The quantitative estimate of drug-likeness (QED) is 0.506. The van der Waals surface area contributed by atoms with Crippen LogP contribution >= 0.6 is 12.2 Å². The average molecular weight is 477 g/mol. The molecule has 1 unspecified atom stereocenters. The molecule has 2 heterocycles. The SMILES string of the molecule is C=C1N(c2cnc(C#N)c(C(F)(F)F)c2)C(=S)N(c2ccc(C(=O)NC)c(F)c2)C1(C)CC. The topological polar surface area (TPSA) is 72.3 Å². The van der Waals surface area contributed by atoms with Crippen molar-refractivity contribution in [2.75, 3.05) is 16.8 Å². The number of hydrogen-bond acceptors (Lipinski definition) is 4. The lowest BCUT2D eigenvalue weighted by molar-refractivity contribution is -0.138. The van der Waals surface area contributed by atoms with Crippen molar-refractivity contribution in [1.29, 1.82) is 5.26 Å². The van der Waals surface area contributed by atoms with Gasteiger partial charge >= 0.3 is 6.18 Å². The molecule has 33 heavy (non-hydrogen) atoms. The number of aromatic nitrogens is 1. The summed E-state index contributed by atoms with van der Waals surface area (Å²) >= 11 is 5.58. The van der Waals surface area contributed by atoms with Crippen molar-refractivity contribution in [3.63, 3.8) is 0 Å². The number of nitriles is 1. The number of alkyl halides is 3. The predicted molar refractivity (Wildman–Crippen MR) is 119 cm³/mol. The Hall–Kier alpha value is -3.52. The number of benzene rings is 1. The molecule has 1 aliphatic heterocycles. The molecule has 0 spiro atoms.